The van der Waals surface area contributed by atoms with Gasteiger partial charge in [0.05, 0.1) is 29.0 Å². The zero-order valence-electron chi connectivity index (χ0n) is 9.89. The SMILES string of the molecule is CCOC1=C([Si])c2ccc(C)c(OCC)c21. The highest BCUT2D eigenvalue weighted by Crippen LogP contribution is 2.46. The van der Waals surface area contributed by atoms with Gasteiger partial charge in [0.2, 0.25) is 0 Å². The Morgan fingerprint density at radius 2 is 1.81 bits per heavy atom. The Bertz CT molecular complexity index is 449. The van der Waals surface area contributed by atoms with Crippen LogP contribution in [0.25, 0.3) is 11.0 Å². The highest BCUT2D eigenvalue weighted by atomic mass is 28.1. The number of aryl methyl sites for hydroxylation is 1. The van der Waals surface area contributed by atoms with Crippen molar-refractivity contribution < 1.29 is 9.47 Å². The van der Waals surface area contributed by atoms with Crippen LogP contribution in [0.4, 0.5) is 0 Å². The highest BCUT2D eigenvalue weighted by Gasteiger charge is 2.28. The molecule has 0 bridgehead atoms. The third-order valence-corrected chi connectivity index (χ3v) is 3.15. The summed E-state index contributed by atoms with van der Waals surface area (Å²) in [6.45, 7) is 7.38. The van der Waals surface area contributed by atoms with Crippen LogP contribution in [0.1, 0.15) is 30.5 Å². The lowest BCUT2D eigenvalue weighted by Gasteiger charge is -2.28. The molecule has 0 aliphatic heterocycles. The van der Waals surface area contributed by atoms with Gasteiger partial charge in [-0.1, -0.05) is 12.1 Å². The number of rotatable bonds is 4. The minimum Gasteiger partial charge on any atom is -0.493 e. The van der Waals surface area contributed by atoms with Crippen molar-refractivity contribution in [1.82, 2.24) is 0 Å². The van der Waals surface area contributed by atoms with Gasteiger partial charge in [-0.2, -0.15) is 0 Å². The van der Waals surface area contributed by atoms with Crippen LogP contribution in [0.15, 0.2) is 12.1 Å². The molecule has 0 N–H and O–H groups in total. The third kappa shape index (κ3) is 1.55. The molecule has 0 amide bonds. The summed E-state index contributed by atoms with van der Waals surface area (Å²) in [5, 5.41) is 1.04. The average molecular weight is 231 g/mol. The minimum atomic E-state index is 0.669. The maximum atomic E-state index is 5.69. The van der Waals surface area contributed by atoms with Crippen molar-refractivity contribution in [1.29, 1.82) is 0 Å². The quantitative estimate of drug-likeness (QED) is 0.742. The standard InChI is InChI=1S/C13H15O2Si/c1-4-14-11-8(3)6-7-9-10(11)12(13(9)16)15-5-2/h6-7H,4-5H2,1-3H3. The summed E-state index contributed by atoms with van der Waals surface area (Å²) in [5.74, 6) is 1.87. The molecule has 0 spiro atoms. The van der Waals surface area contributed by atoms with E-state index in [4.69, 9.17) is 9.47 Å². The van der Waals surface area contributed by atoms with Gasteiger partial charge in [-0.3, -0.25) is 0 Å². The Morgan fingerprint density at radius 1 is 1.12 bits per heavy atom. The van der Waals surface area contributed by atoms with Gasteiger partial charge in [0, 0.05) is 0 Å². The van der Waals surface area contributed by atoms with Crippen LogP contribution in [0.2, 0.25) is 0 Å². The van der Waals surface area contributed by atoms with Crippen molar-refractivity contribution in [3.63, 3.8) is 0 Å². The number of hydrogen-bond acceptors (Lipinski definition) is 2. The van der Waals surface area contributed by atoms with Crippen molar-refractivity contribution >= 4 is 21.2 Å². The maximum absolute atomic E-state index is 5.69. The predicted molar refractivity (Wildman–Crippen MR) is 66.5 cm³/mol. The van der Waals surface area contributed by atoms with Crippen molar-refractivity contribution in [2.24, 2.45) is 0 Å². The molecule has 2 nitrogen and oxygen atoms in total. The van der Waals surface area contributed by atoms with E-state index in [2.05, 4.69) is 29.3 Å². The van der Waals surface area contributed by atoms with Crippen LogP contribution < -0.4 is 4.74 Å². The second-order valence-corrected chi connectivity index (χ2v) is 4.20. The molecule has 0 heterocycles. The summed E-state index contributed by atoms with van der Waals surface area (Å²) in [6.07, 6.45) is 0. The third-order valence-electron chi connectivity index (χ3n) is 2.66. The van der Waals surface area contributed by atoms with Gasteiger partial charge in [-0.15, -0.1) is 0 Å². The summed E-state index contributed by atoms with van der Waals surface area (Å²) < 4.78 is 11.3. The van der Waals surface area contributed by atoms with E-state index in [1.807, 2.05) is 13.8 Å². The molecular weight excluding hydrogens is 216 g/mol. The van der Waals surface area contributed by atoms with Gasteiger partial charge >= 0.3 is 0 Å². The normalized spacial score (nSPS) is 13.2. The van der Waals surface area contributed by atoms with E-state index in [9.17, 15) is 0 Å². The molecule has 1 aromatic rings. The summed E-state index contributed by atoms with van der Waals surface area (Å²) in [4.78, 5) is 0. The summed E-state index contributed by atoms with van der Waals surface area (Å²) in [6, 6.07) is 4.17. The van der Waals surface area contributed by atoms with E-state index in [1.165, 1.54) is 5.56 Å². The molecule has 16 heavy (non-hydrogen) atoms. The van der Waals surface area contributed by atoms with Crippen LogP contribution in [0.5, 0.6) is 5.75 Å². The predicted octanol–water partition coefficient (Wildman–Crippen LogP) is 2.74. The fourth-order valence-corrected chi connectivity index (χ4v) is 2.33. The molecule has 0 saturated heterocycles. The molecule has 0 fully saturated rings. The lowest BCUT2D eigenvalue weighted by Crippen LogP contribution is -2.13. The second kappa shape index (κ2) is 4.34. The van der Waals surface area contributed by atoms with Crippen molar-refractivity contribution in [2.45, 2.75) is 20.8 Å². The first-order valence-corrected chi connectivity index (χ1v) is 6.06. The van der Waals surface area contributed by atoms with Gasteiger partial charge in [-0.05, 0) is 37.1 Å². The fraction of sp³-hybridized carbons (Fsp3) is 0.385. The number of hydrogen-bond donors (Lipinski definition) is 0. The average Bonchev–Trinajstić information content (AvgIpc) is 2.28. The van der Waals surface area contributed by atoms with Crippen LogP contribution in [0.3, 0.4) is 0 Å². The van der Waals surface area contributed by atoms with Gasteiger partial charge < -0.3 is 9.47 Å². The van der Waals surface area contributed by atoms with Crippen LogP contribution in [-0.2, 0) is 4.74 Å². The first-order valence-electron chi connectivity index (χ1n) is 5.56. The molecule has 0 atom stereocenters. The molecular formula is C13H15O2Si. The lowest BCUT2D eigenvalue weighted by molar-refractivity contribution is 0.290. The van der Waals surface area contributed by atoms with Crippen LogP contribution in [0, 0.1) is 6.92 Å². The Labute approximate surface area is 99.7 Å². The van der Waals surface area contributed by atoms with Gasteiger partial charge in [0.15, 0.2) is 0 Å². The van der Waals surface area contributed by atoms with Gasteiger partial charge in [-0.25, -0.2) is 0 Å². The molecule has 0 saturated carbocycles. The van der Waals surface area contributed by atoms with E-state index in [0.717, 1.165) is 27.8 Å². The van der Waals surface area contributed by atoms with E-state index >= 15 is 0 Å². The topological polar surface area (TPSA) is 18.5 Å². The fourth-order valence-electron chi connectivity index (χ4n) is 1.92. The van der Waals surface area contributed by atoms with Crippen molar-refractivity contribution in [3.05, 3.63) is 28.8 Å². The molecule has 1 aliphatic rings. The molecule has 0 aromatic heterocycles. The zero-order chi connectivity index (χ0) is 11.7. The summed E-state index contributed by atoms with van der Waals surface area (Å²) >= 11 is 0. The first-order chi connectivity index (χ1) is 7.70. The maximum Gasteiger partial charge on any atom is 0.133 e. The van der Waals surface area contributed by atoms with Gasteiger partial charge in [0.25, 0.3) is 0 Å². The first kappa shape index (κ1) is 11.3. The van der Waals surface area contributed by atoms with Gasteiger partial charge in [0.1, 0.15) is 11.5 Å². The Hall–Kier alpha value is -1.22. The summed E-state index contributed by atoms with van der Waals surface area (Å²) in [7, 11) is 3.59. The van der Waals surface area contributed by atoms with Crippen LogP contribution >= 0.6 is 0 Å². The van der Waals surface area contributed by atoms with Crippen molar-refractivity contribution in [2.75, 3.05) is 13.2 Å². The van der Waals surface area contributed by atoms with E-state index in [1.54, 1.807) is 0 Å². The number of benzene rings is 1. The Morgan fingerprint density at radius 3 is 2.44 bits per heavy atom. The monoisotopic (exact) mass is 231 g/mol. The van der Waals surface area contributed by atoms with Crippen LogP contribution in [-0.4, -0.2) is 23.5 Å². The molecule has 2 rings (SSSR count). The lowest BCUT2D eigenvalue weighted by atomic mass is 9.91. The van der Waals surface area contributed by atoms with Crippen molar-refractivity contribution in [3.8, 4) is 5.75 Å². The number of fused-ring (bicyclic) bond motifs is 1. The van der Waals surface area contributed by atoms with E-state index in [0.29, 0.717) is 13.2 Å². The summed E-state index contributed by atoms with van der Waals surface area (Å²) in [5.41, 5.74) is 3.43. The smallest absolute Gasteiger partial charge is 0.133 e. The molecule has 3 radical (unpaired) electrons. The molecule has 3 heteroatoms. The Kier molecular flexibility index (Phi) is 3.05. The highest BCUT2D eigenvalue weighted by molar-refractivity contribution is 6.50. The number of ether oxygens (including phenoxy) is 2. The zero-order valence-corrected chi connectivity index (χ0v) is 10.9. The second-order valence-electron chi connectivity index (χ2n) is 3.70. The van der Waals surface area contributed by atoms with E-state index in [-0.39, 0.29) is 0 Å². The van der Waals surface area contributed by atoms with E-state index < -0.39 is 0 Å². The Balaban J connectivity index is 2.45. The molecule has 0 unspecified atom stereocenters. The molecule has 83 valence electrons. The minimum absolute atomic E-state index is 0.669. The molecule has 1 aliphatic carbocycles. The largest absolute Gasteiger partial charge is 0.493 e. The molecule has 1 aromatic carbocycles.